The number of fused-ring (bicyclic) bond motifs is 2. The third kappa shape index (κ3) is 5.13. The van der Waals surface area contributed by atoms with Gasteiger partial charge in [0.15, 0.2) is 11.5 Å². The number of nitrogens with one attached hydrogen (secondary N) is 1. The minimum Gasteiger partial charge on any atom is -0.443 e. The van der Waals surface area contributed by atoms with E-state index in [0.29, 0.717) is 21.5 Å². The van der Waals surface area contributed by atoms with E-state index in [-0.39, 0.29) is 12.0 Å². The fourth-order valence-corrected chi connectivity index (χ4v) is 7.04. The number of hydroxylamine groups is 1. The number of piperidine rings is 1. The Bertz CT molecular complexity index is 1610. The molecule has 2 atom stereocenters. The van der Waals surface area contributed by atoms with E-state index in [2.05, 4.69) is 26.0 Å². The van der Waals surface area contributed by atoms with Crippen LogP contribution >= 0.6 is 22.9 Å². The number of nitrogens with zero attached hydrogens (tertiary/aromatic N) is 4. The van der Waals surface area contributed by atoms with Crippen LogP contribution in [0.25, 0.3) is 10.3 Å². The summed E-state index contributed by atoms with van der Waals surface area (Å²) in [6.07, 6.45) is 4.82. The smallest absolute Gasteiger partial charge is 0.292 e. The number of rotatable bonds is 8. The molecule has 1 aromatic carbocycles. The summed E-state index contributed by atoms with van der Waals surface area (Å²) in [7, 11) is 1.43. The second-order valence-electron chi connectivity index (χ2n) is 11.1. The van der Waals surface area contributed by atoms with Gasteiger partial charge in [0, 0.05) is 25.3 Å². The van der Waals surface area contributed by atoms with Crippen LogP contribution in [0.3, 0.4) is 0 Å². The molecule has 3 aliphatic rings. The number of pyridine rings is 1. The van der Waals surface area contributed by atoms with Gasteiger partial charge < -0.3 is 18.8 Å². The summed E-state index contributed by atoms with van der Waals surface area (Å²) in [6.45, 7) is 6.04. The van der Waals surface area contributed by atoms with Gasteiger partial charge in [0.1, 0.15) is 16.3 Å². The first kappa shape index (κ1) is 27.6. The van der Waals surface area contributed by atoms with Crippen LogP contribution in [0.15, 0.2) is 42.6 Å². The third-order valence-corrected chi connectivity index (χ3v) is 9.56. The van der Waals surface area contributed by atoms with Gasteiger partial charge in [-0.05, 0) is 62.5 Å². The summed E-state index contributed by atoms with van der Waals surface area (Å²) in [4.78, 5) is 30.4. The van der Waals surface area contributed by atoms with Crippen molar-refractivity contribution in [3.8, 4) is 11.5 Å². The molecule has 0 saturated carbocycles. The van der Waals surface area contributed by atoms with Crippen molar-refractivity contribution in [2.24, 2.45) is 0 Å². The van der Waals surface area contributed by atoms with Crippen LogP contribution in [0, 0.1) is 0 Å². The maximum Gasteiger partial charge on any atom is 0.292 e. The van der Waals surface area contributed by atoms with Gasteiger partial charge in [-0.1, -0.05) is 23.7 Å². The molecule has 12 heteroatoms. The van der Waals surface area contributed by atoms with Crippen molar-refractivity contribution in [1.29, 1.82) is 0 Å². The number of amides is 1. The third-order valence-electron chi connectivity index (χ3n) is 8.32. The summed E-state index contributed by atoms with van der Waals surface area (Å²) >= 11 is 7.43. The molecular formula is C30H32ClN5O5S. The molecule has 0 spiro atoms. The monoisotopic (exact) mass is 609 g/mol. The van der Waals surface area contributed by atoms with Gasteiger partial charge in [0.05, 0.1) is 41.7 Å². The minimum atomic E-state index is -0.998. The van der Waals surface area contributed by atoms with Crippen LogP contribution in [0.1, 0.15) is 58.9 Å². The Morgan fingerprint density at radius 2 is 2.05 bits per heavy atom. The lowest BCUT2D eigenvalue weighted by Crippen LogP contribution is -2.35. The number of carbonyl (C=O) groups excluding carboxylic acids is 1. The highest BCUT2D eigenvalue weighted by Crippen LogP contribution is 2.49. The van der Waals surface area contributed by atoms with E-state index in [4.69, 9.17) is 35.6 Å². The average molecular weight is 610 g/mol. The number of aromatic nitrogens is 3. The van der Waals surface area contributed by atoms with Gasteiger partial charge in [-0.3, -0.25) is 19.5 Å². The molecule has 10 nitrogen and oxygen atoms in total. The van der Waals surface area contributed by atoms with Crippen LogP contribution in [-0.2, 0) is 28.5 Å². The molecule has 0 bridgehead atoms. The largest absolute Gasteiger partial charge is 0.443 e. The number of carbonyl (C=O) groups is 1. The Kier molecular flexibility index (Phi) is 7.31. The molecule has 1 amide bonds. The Labute approximate surface area is 252 Å². The Morgan fingerprint density at radius 3 is 2.76 bits per heavy atom. The van der Waals surface area contributed by atoms with E-state index < -0.39 is 5.79 Å². The topological polar surface area (TPSA) is 100.0 Å². The molecule has 1 N–H and O–H groups in total. The quantitative estimate of drug-likeness (QED) is 0.271. The predicted octanol–water partition coefficient (Wildman–Crippen LogP) is 5.25. The van der Waals surface area contributed by atoms with Crippen molar-refractivity contribution < 1.29 is 23.8 Å². The predicted molar refractivity (Wildman–Crippen MR) is 158 cm³/mol. The van der Waals surface area contributed by atoms with Crippen LogP contribution < -0.4 is 15.0 Å². The van der Waals surface area contributed by atoms with Gasteiger partial charge in [-0.2, -0.15) is 0 Å². The highest BCUT2D eigenvalue weighted by molar-refractivity contribution is 7.20. The lowest BCUT2D eigenvalue weighted by Gasteiger charge is -2.33. The first-order valence-electron chi connectivity index (χ1n) is 14.2. The number of ether oxygens (including phenoxy) is 3. The zero-order valence-corrected chi connectivity index (χ0v) is 25.0. The van der Waals surface area contributed by atoms with Gasteiger partial charge in [0.25, 0.3) is 11.7 Å². The van der Waals surface area contributed by atoms with E-state index in [1.807, 2.05) is 31.2 Å². The highest BCUT2D eigenvalue weighted by atomic mass is 35.5. The molecule has 4 aromatic rings. The van der Waals surface area contributed by atoms with Crippen LogP contribution in [0.5, 0.6) is 11.5 Å². The normalized spacial score (nSPS) is 22.4. The molecule has 6 heterocycles. The first-order valence-corrected chi connectivity index (χ1v) is 15.4. The number of likely N-dealkylation sites (tertiary alicyclic amines) is 1. The van der Waals surface area contributed by atoms with Gasteiger partial charge in [0.2, 0.25) is 0 Å². The number of benzene rings is 1. The molecule has 220 valence electrons. The molecule has 2 saturated heterocycles. The Balaban J connectivity index is 1.05. The second kappa shape index (κ2) is 11.1. The minimum absolute atomic E-state index is 0.180. The van der Waals surface area contributed by atoms with E-state index in [1.165, 1.54) is 24.0 Å². The van der Waals surface area contributed by atoms with E-state index in [0.717, 1.165) is 79.7 Å². The fraction of sp³-hybridized carbons (Fsp3) is 0.433. The standard InChI is InChI=1S/C30H32ClN5O5S/c1-30(25-7-6-19(31)15-32-25)40-23-5-3-4-21(27(23)41-30)18-8-11-35(12-9-18)17-26-33-29-22(36(26)16-20-10-13-39-20)14-24(42-29)28(37)34-38-2/h3-7,14-15,18,20H,8-13,16-17H2,1-2H3,(H,34,37). The number of para-hydroxylation sites is 1. The molecule has 2 fully saturated rings. The van der Waals surface area contributed by atoms with Crippen molar-refractivity contribution in [3.63, 3.8) is 0 Å². The van der Waals surface area contributed by atoms with Crippen molar-refractivity contribution in [2.75, 3.05) is 26.8 Å². The van der Waals surface area contributed by atoms with E-state index in [1.54, 1.807) is 12.3 Å². The fourth-order valence-electron chi connectivity index (χ4n) is 5.99. The zero-order valence-electron chi connectivity index (χ0n) is 23.5. The number of imidazole rings is 1. The summed E-state index contributed by atoms with van der Waals surface area (Å²) in [6, 6.07) is 11.7. The summed E-state index contributed by atoms with van der Waals surface area (Å²) in [5.41, 5.74) is 5.22. The SMILES string of the molecule is CONC(=O)c1cc2c(nc(CN3CCC(c4cccc5c4OC(C)(c4ccc(Cl)cn4)O5)CC3)n2CC2CCO2)s1. The Hall–Kier alpha value is -3.22. The van der Waals surface area contributed by atoms with Crippen molar-refractivity contribution in [3.05, 3.63) is 69.6 Å². The number of thiophene rings is 1. The molecule has 0 radical (unpaired) electrons. The van der Waals surface area contributed by atoms with Gasteiger partial charge >= 0.3 is 0 Å². The summed E-state index contributed by atoms with van der Waals surface area (Å²) < 4.78 is 20.7. The highest BCUT2D eigenvalue weighted by Gasteiger charge is 2.42. The number of hydrogen-bond acceptors (Lipinski definition) is 9. The van der Waals surface area contributed by atoms with Crippen LogP contribution in [0.4, 0.5) is 0 Å². The molecule has 42 heavy (non-hydrogen) atoms. The van der Waals surface area contributed by atoms with Crippen molar-refractivity contribution >= 4 is 39.2 Å². The second-order valence-corrected chi connectivity index (χ2v) is 12.6. The molecule has 7 rings (SSSR count). The summed E-state index contributed by atoms with van der Waals surface area (Å²) in [5.74, 6) is 1.65. The van der Waals surface area contributed by atoms with E-state index in [9.17, 15) is 4.79 Å². The average Bonchev–Trinajstić information content (AvgIpc) is 3.62. The van der Waals surface area contributed by atoms with E-state index >= 15 is 0 Å². The molecule has 3 aromatic heterocycles. The first-order chi connectivity index (χ1) is 20.4. The maximum atomic E-state index is 12.3. The van der Waals surface area contributed by atoms with Gasteiger partial charge in [-0.15, -0.1) is 11.3 Å². The number of hydrogen-bond donors (Lipinski definition) is 1. The molecule has 0 aliphatic carbocycles. The maximum absolute atomic E-state index is 12.3. The Morgan fingerprint density at radius 1 is 1.21 bits per heavy atom. The lowest BCUT2D eigenvalue weighted by atomic mass is 9.88. The van der Waals surface area contributed by atoms with Crippen molar-refractivity contribution in [1.82, 2.24) is 24.9 Å². The van der Waals surface area contributed by atoms with Crippen LogP contribution in [0.2, 0.25) is 5.02 Å². The molecule has 3 aliphatic heterocycles. The molecular weight excluding hydrogens is 578 g/mol. The van der Waals surface area contributed by atoms with Gasteiger partial charge in [-0.25, -0.2) is 10.5 Å². The van der Waals surface area contributed by atoms with Crippen molar-refractivity contribution in [2.45, 2.75) is 57.1 Å². The summed E-state index contributed by atoms with van der Waals surface area (Å²) in [5, 5.41) is 0.572. The zero-order chi connectivity index (χ0) is 28.8. The van der Waals surface area contributed by atoms with Crippen LogP contribution in [-0.4, -0.2) is 58.3 Å². The lowest BCUT2D eigenvalue weighted by molar-refractivity contribution is -0.0722. The number of halogens is 1. The molecule has 2 unspecified atom stereocenters.